The van der Waals surface area contributed by atoms with Gasteiger partial charge in [0.1, 0.15) is 6.61 Å². The highest BCUT2D eigenvalue weighted by molar-refractivity contribution is 14.1. The van der Waals surface area contributed by atoms with Gasteiger partial charge in [-0.1, -0.05) is 78.6 Å². The lowest BCUT2D eigenvalue weighted by atomic mass is 9.87. The largest absolute Gasteiger partial charge is 0.272 e. The molecule has 0 aromatic heterocycles. The summed E-state index contributed by atoms with van der Waals surface area (Å²) in [4.78, 5) is 18.5. The minimum absolute atomic E-state index is 0.177. The van der Waals surface area contributed by atoms with Gasteiger partial charge < -0.3 is 0 Å². The maximum atomic E-state index is 12.7. The van der Waals surface area contributed by atoms with Gasteiger partial charge in [-0.05, 0) is 23.8 Å². The molecule has 0 N–H and O–H groups in total. The Hall–Kier alpha value is -0.620. The molecule has 120 valence electrons. The summed E-state index contributed by atoms with van der Waals surface area (Å²) in [6.07, 6.45) is 6.37. The number of carbonyl (C=O) groups is 1. The Morgan fingerprint density at radius 1 is 1.18 bits per heavy atom. The number of hydrogen-bond donors (Lipinski definition) is 0. The molecule has 3 rings (SSSR count). The molecule has 0 bridgehead atoms. The summed E-state index contributed by atoms with van der Waals surface area (Å²) in [6.45, 7) is 1.24. The summed E-state index contributed by atoms with van der Waals surface area (Å²) in [5.74, 6) is 1.60. The lowest BCUT2D eigenvalue weighted by molar-refractivity contribution is -0.184. The Labute approximate surface area is 146 Å². The van der Waals surface area contributed by atoms with E-state index < -0.39 is 0 Å². The quantitative estimate of drug-likeness (QED) is 0.517. The molecule has 2 aliphatic rings. The molecule has 2 atom stereocenters. The first kappa shape index (κ1) is 16.2. The van der Waals surface area contributed by atoms with Crippen molar-refractivity contribution in [2.75, 3.05) is 11.0 Å². The Morgan fingerprint density at radius 2 is 1.91 bits per heavy atom. The Morgan fingerprint density at radius 3 is 2.59 bits per heavy atom. The minimum Gasteiger partial charge on any atom is -0.272 e. The molecule has 22 heavy (non-hydrogen) atoms. The fourth-order valence-electron chi connectivity index (χ4n) is 3.71. The van der Waals surface area contributed by atoms with Gasteiger partial charge in [0.05, 0.1) is 6.54 Å². The topological polar surface area (TPSA) is 29.5 Å². The second-order valence-corrected chi connectivity index (χ2v) is 7.45. The van der Waals surface area contributed by atoms with Crippen LogP contribution in [-0.4, -0.2) is 21.9 Å². The zero-order valence-corrected chi connectivity index (χ0v) is 15.1. The van der Waals surface area contributed by atoms with Crippen molar-refractivity contribution in [1.29, 1.82) is 0 Å². The summed E-state index contributed by atoms with van der Waals surface area (Å²) in [5, 5.41) is 1.63. The van der Waals surface area contributed by atoms with Crippen LogP contribution in [0.4, 0.5) is 0 Å². The van der Waals surface area contributed by atoms with Gasteiger partial charge in [-0.15, -0.1) is 0 Å². The smallest absolute Gasteiger partial charge is 0.249 e. The Bertz CT molecular complexity index is 487. The van der Waals surface area contributed by atoms with E-state index in [0.29, 0.717) is 12.5 Å². The van der Waals surface area contributed by atoms with Gasteiger partial charge in [0, 0.05) is 10.3 Å². The van der Waals surface area contributed by atoms with Crippen LogP contribution in [0.3, 0.4) is 0 Å². The molecule has 0 radical (unpaired) electrons. The average Bonchev–Trinajstić information content (AvgIpc) is 3.16. The van der Waals surface area contributed by atoms with Crippen LogP contribution >= 0.6 is 22.6 Å². The molecule has 1 aliphatic carbocycles. The van der Waals surface area contributed by atoms with Gasteiger partial charge in [0.2, 0.25) is 5.91 Å². The molecule has 0 spiro atoms. The molecule has 1 saturated heterocycles. The summed E-state index contributed by atoms with van der Waals surface area (Å²) in [7, 11) is 0. The van der Waals surface area contributed by atoms with Crippen molar-refractivity contribution in [3.05, 3.63) is 35.9 Å². The highest BCUT2D eigenvalue weighted by Crippen LogP contribution is 2.37. The molecule has 1 amide bonds. The first-order chi connectivity index (χ1) is 10.8. The van der Waals surface area contributed by atoms with Crippen LogP contribution in [0.25, 0.3) is 0 Å². The first-order valence-electron chi connectivity index (χ1n) is 8.32. The van der Waals surface area contributed by atoms with Crippen molar-refractivity contribution in [3.63, 3.8) is 0 Å². The molecule has 1 aromatic rings. The number of amides is 1. The highest BCUT2D eigenvalue weighted by Gasteiger charge is 2.41. The third-order valence-electron chi connectivity index (χ3n) is 5.02. The van der Waals surface area contributed by atoms with Crippen LogP contribution in [0.1, 0.15) is 37.7 Å². The van der Waals surface area contributed by atoms with E-state index in [4.69, 9.17) is 4.84 Å². The number of rotatable bonds is 6. The second-order valence-electron chi connectivity index (χ2n) is 6.57. The Balaban J connectivity index is 1.57. The molecule has 1 aromatic carbocycles. The van der Waals surface area contributed by atoms with Gasteiger partial charge in [-0.25, -0.2) is 5.06 Å². The van der Waals surface area contributed by atoms with Gasteiger partial charge in [0.15, 0.2) is 0 Å². The monoisotopic (exact) mass is 413 g/mol. The van der Waals surface area contributed by atoms with Crippen molar-refractivity contribution in [2.45, 2.75) is 38.7 Å². The fraction of sp³-hybridized carbons (Fsp3) is 0.611. The van der Waals surface area contributed by atoms with Crippen molar-refractivity contribution < 1.29 is 9.63 Å². The van der Waals surface area contributed by atoms with E-state index in [-0.39, 0.29) is 11.8 Å². The van der Waals surface area contributed by atoms with Crippen molar-refractivity contribution in [1.82, 2.24) is 5.06 Å². The predicted molar refractivity (Wildman–Crippen MR) is 95.4 cm³/mol. The third kappa shape index (κ3) is 3.82. The minimum atomic E-state index is 0.177. The SMILES string of the molecule is O=C1[C@@H](CC2CCCC2)[C@H](CI)CN1OCc1ccccc1. The molecular weight excluding hydrogens is 389 g/mol. The molecule has 3 nitrogen and oxygen atoms in total. The van der Waals surface area contributed by atoms with E-state index in [0.717, 1.165) is 28.9 Å². The third-order valence-corrected chi connectivity index (χ3v) is 6.15. The van der Waals surface area contributed by atoms with Crippen molar-refractivity contribution in [2.24, 2.45) is 17.8 Å². The van der Waals surface area contributed by atoms with E-state index in [1.54, 1.807) is 5.06 Å². The lowest BCUT2D eigenvalue weighted by Gasteiger charge is -2.18. The van der Waals surface area contributed by atoms with E-state index in [1.807, 2.05) is 30.3 Å². The van der Waals surface area contributed by atoms with Gasteiger partial charge in [-0.3, -0.25) is 9.63 Å². The maximum Gasteiger partial charge on any atom is 0.249 e. The molecule has 2 fully saturated rings. The predicted octanol–water partition coefficient (Wildman–Crippen LogP) is 4.21. The zero-order valence-electron chi connectivity index (χ0n) is 12.9. The molecule has 1 saturated carbocycles. The Kier molecular flexibility index (Phi) is 5.74. The van der Waals surface area contributed by atoms with E-state index in [9.17, 15) is 4.79 Å². The van der Waals surface area contributed by atoms with Crippen LogP contribution < -0.4 is 0 Å². The standard InChI is InChI=1S/C18H24INO2/c19-11-16-12-20(22-13-15-8-2-1-3-9-15)18(21)17(16)10-14-6-4-5-7-14/h1-3,8-9,14,16-17H,4-7,10-13H2/t16-,17+/m1/s1. The maximum absolute atomic E-state index is 12.7. The summed E-state index contributed by atoms with van der Waals surface area (Å²) < 4.78 is 1.03. The number of hydroxylamine groups is 2. The van der Waals surface area contributed by atoms with E-state index in [1.165, 1.54) is 25.7 Å². The molecule has 1 heterocycles. The fourth-order valence-corrected chi connectivity index (χ4v) is 4.61. The second kappa shape index (κ2) is 7.77. The van der Waals surface area contributed by atoms with Gasteiger partial charge >= 0.3 is 0 Å². The van der Waals surface area contributed by atoms with Crippen LogP contribution in [0, 0.1) is 17.8 Å². The average molecular weight is 413 g/mol. The molecule has 4 heteroatoms. The van der Waals surface area contributed by atoms with Crippen LogP contribution in [0.15, 0.2) is 30.3 Å². The van der Waals surface area contributed by atoms with Crippen LogP contribution in [0.2, 0.25) is 0 Å². The number of nitrogens with zero attached hydrogens (tertiary/aromatic N) is 1. The normalized spacial score (nSPS) is 26.0. The van der Waals surface area contributed by atoms with Crippen molar-refractivity contribution in [3.8, 4) is 0 Å². The van der Waals surface area contributed by atoms with Crippen LogP contribution in [0.5, 0.6) is 0 Å². The molecule has 1 aliphatic heterocycles. The van der Waals surface area contributed by atoms with Gasteiger partial charge in [-0.2, -0.15) is 0 Å². The number of hydrogen-bond acceptors (Lipinski definition) is 2. The lowest BCUT2D eigenvalue weighted by Crippen LogP contribution is -2.28. The molecule has 0 unspecified atom stereocenters. The van der Waals surface area contributed by atoms with Crippen molar-refractivity contribution >= 4 is 28.5 Å². The number of halogens is 1. The summed E-state index contributed by atoms with van der Waals surface area (Å²) >= 11 is 2.42. The number of alkyl halides is 1. The number of benzene rings is 1. The summed E-state index contributed by atoms with van der Waals surface area (Å²) in [6, 6.07) is 10.1. The van der Waals surface area contributed by atoms with E-state index >= 15 is 0 Å². The van der Waals surface area contributed by atoms with E-state index in [2.05, 4.69) is 22.6 Å². The number of carbonyl (C=O) groups excluding carboxylic acids is 1. The highest BCUT2D eigenvalue weighted by atomic mass is 127. The first-order valence-corrected chi connectivity index (χ1v) is 9.84. The summed E-state index contributed by atoms with van der Waals surface area (Å²) in [5.41, 5.74) is 1.11. The van der Waals surface area contributed by atoms with Crippen LogP contribution in [-0.2, 0) is 16.2 Å². The van der Waals surface area contributed by atoms with Gasteiger partial charge in [0.25, 0.3) is 0 Å². The zero-order chi connectivity index (χ0) is 15.4. The molecular formula is C18H24INO2.